The molecule has 0 aromatic heterocycles. The van der Waals surface area contributed by atoms with Gasteiger partial charge in [0.1, 0.15) is 11.9 Å². The molecule has 0 unspecified atom stereocenters. The van der Waals surface area contributed by atoms with Gasteiger partial charge in [-0.2, -0.15) is 0 Å². The first-order valence-electron chi connectivity index (χ1n) is 7.63. The summed E-state index contributed by atoms with van der Waals surface area (Å²) in [5, 5.41) is 0. The van der Waals surface area contributed by atoms with Crippen LogP contribution < -0.4 is 0 Å². The minimum atomic E-state index is -0.618. The van der Waals surface area contributed by atoms with Gasteiger partial charge >= 0.3 is 0 Å². The van der Waals surface area contributed by atoms with Crippen molar-refractivity contribution >= 4 is 0 Å². The van der Waals surface area contributed by atoms with Gasteiger partial charge in [0.15, 0.2) is 12.0 Å². The fourth-order valence-corrected chi connectivity index (χ4v) is 2.84. The molecule has 1 aliphatic rings. The van der Waals surface area contributed by atoms with Crippen LogP contribution in [0.2, 0.25) is 0 Å². The molecule has 1 aliphatic heterocycles. The number of nitrogens with zero attached hydrogens (tertiary/aromatic N) is 2. The highest BCUT2D eigenvalue weighted by atomic mass is 16.7. The van der Waals surface area contributed by atoms with Gasteiger partial charge in [0.2, 0.25) is 0 Å². The van der Waals surface area contributed by atoms with Crippen LogP contribution in [0.1, 0.15) is 19.4 Å². The minimum Gasteiger partial charge on any atom is -0.511 e. The monoisotopic (exact) mass is 316 g/mol. The van der Waals surface area contributed by atoms with Crippen molar-refractivity contribution < 1.29 is 14.2 Å². The third kappa shape index (κ3) is 4.55. The van der Waals surface area contributed by atoms with Gasteiger partial charge in [0, 0.05) is 6.54 Å². The van der Waals surface area contributed by atoms with Crippen LogP contribution in [-0.4, -0.2) is 43.6 Å². The van der Waals surface area contributed by atoms with Gasteiger partial charge in [-0.15, -0.1) is 0 Å². The summed E-state index contributed by atoms with van der Waals surface area (Å²) in [5.41, 5.74) is 1.19. The molecular formula is C18H24N2O3. The molecule has 23 heavy (non-hydrogen) atoms. The van der Waals surface area contributed by atoms with Gasteiger partial charge in [-0.1, -0.05) is 30.3 Å². The van der Waals surface area contributed by atoms with E-state index in [1.807, 2.05) is 39.1 Å². The summed E-state index contributed by atoms with van der Waals surface area (Å²) >= 11 is 0. The van der Waals surface area contributed by atoms with E-state index in [2.05, 4.69) is 21.9 Å². The molecule has 0 spiro atoms. The molecule has 5 nitrogen and oxygen atoms in total. The lowest BCUT2D eigenvalue weighted by molar-refractivity contribution is -0.145. The number of likely N-dealkylation sites (N-methyl/N-ethyl adjacent to an activating group) is 1. The molecule has 1 fully saturated rings. The smallest absolute Gasteiger partial charge is 0.192 e. The summed E-state index contributed by atoms with van der Waals surface area (Å²) in [6.45, 7) is 12.1. The zero-order valence-corrected chi connectivity index (χ0v) is 14.2. The van der Waals surface area contributed by atoms with Crippen LogP contribution in [-0.2, 0) is 20.8 Å². The van der Waals surface area contributed by atoms with E-state index >= 15 is 0 Å². The largest absolute Gasteiger partial charge is 0.511 e. The predicted molar refractivity (Wildman–Crippen MR) is 88.3 cm³/mol. The third-order valence-electron chi connectivity index (χ3n) is 3.85. The molecule has 0 bridgehead atoms. The summed E-state index contributed by atoms with van der Waals surface area (Å²) in [4.78, 5) is 5.50. The first-order chi connectivity index (χ1) is 11.0. The van der Waals surface area contributed by atoms with Gasteiger partial charge in [-0.25, -0.2) is 4.85 Å². The molecule has 0 saturated carbocycles. The van der Waals surface area contributed by atoms with Gasteiger partial charge in [0.25, 0.3) is 0 Å². The molecule has 1 aromatic rings. The molecule has 0 N–H and O–H groups in total. The van der Waals surface area contributed by atoms with Crippen LogP contribution in [0.3, 0.4) is 0 Å². The van der Waals surface area contributed by atoms with Gasteiger partial charge in [-0.3, -0.25) is 4.90 Å². The Morgan fingerprint density at radius 3 is 2.70 bits per heavy atom. The van der Waals surface area contributed by atoms with Crippen molar-refractivity contribution in [2.45, 2.75) is 38.3 Å². The minimum absolute atomic E-state index is 0.184. The van der Waals surface area contributed by atoms with Gasteiger partial charge in [-0.05, 0) is 26.5 Å². The Labute approximate surface area is 138 Å². The number of rotatable bonds is 6. The van der Waals surface area contributed by atoms with E-state index in [0.717, 1.165) is 6.54 Å². The van der Waals surface area contributed by atoms with Crippen LogP contribution in [0.4, 0.5) is 0 Å². The Bertz CT molecular complexity index is 578. The summed E-state index contributed by atoms with van der Waals surface area (Å²) in [7, 11) is 3.59. The lowest BCUT2D eigenvalue weighted by Gasteiger charge is -2.33. The van der Waals surface area contributed by atoms with Crippen LogP contribution >= 0.6 is 0 Å². The molecular weight excluding hydrogens is 292 g/mol. The Hall–Kier alpha value is -1.87. The van der Waals surface area contributed by atoms with Crippen LogP contribution in [0.25, 0.3) is 4.85 Å². The van der Waals surface area contributed by atoms with E-state index in [0.29, 0.717) is 12.4 Å². The molecule has 2 atom stereocenters. The SMILES string of the molecule is [C-]#[N+]/C=C(/OC)[C@H]([C@H]1COC(C)(C)O1)N(C)Cc1ccccc1. The zero-order chi connectivity index (χ0) is 16.9. The highest BCUT2D eigenvalue weighted by Crippen LogP contribution is 2.29. The van der Waals surface area contributed by atoms with Crippen molar-refractivity contribution in [2.24, 2.45) is 0 Å². The molecule has 1 saturated heterocycles. The lowest BCUT2D eigenvalue weighted by atomic mass is 10.1. The van der Waals surface area contributed by atoms with E-state index in [9.17, 15) is 0 Å². The second kappa shape index (κ2) is 7.60. The van der Waals surface area contributed by atoms with Gasteiger partial charge in [0.05, 0.1) is 26.3 Å². The maximum atomic E-state index is 7.12. The highest BCUT2D eigenvalue weighted by molar-refractivity contribution is 5.17. The van der Waals surface area contributed by atoms with Crippen molar-refractivity contribution in [3.63, 3.8) is 0 Å². The third-order valence-corrected chi connectivity index (χ3v) is 3.85. The molecule has 1 aromatic carbocycles. The number of hydrogen-bond donors (Lipinski definition) is 0. The van der Waals surface area contributed by atoms with Crippen LogP contribution in [0.15, 0.2) is 42.3 Å². The van der Waals surface area contributed by atoms with E-state index in [1.54, 1.807) is 7.11 Å². The normalized spacial score (nSPS) is 21.9. The summed E-state index contributed by atoms with van der Waals surface area (Å²) in [6.07, 6.45) is 1.23. The first kappa shape index (κ1) is 17.5. The standard InChI is InChI=1S/C18H24N2O3/c1-18(2)22-13-16(23-18)17(15(21-5)11-19-3)20(4)12-14-9-7-6-8-10-14/h6-11,16-17H,12-13H2,1-2,4-5H3/b15-11+/t16-,17-/m1/s1. The highest BCUT2D eigenvalue weighted by Gasteiger charge is 2.41. The van der Waals surface area contributed by atoms with Crippen LogP contribution in [0, 0.1) is 6.57 Å². The summed E-state index contributed by atoms with van der Waals surface area (Å²) in [6, 6.07) is 10.0. The fourth-order valence-electron chi connectivity index (χ4n) is 2.84. The number of methoxy groups -OCH3 is 1. The lowest BCUT2D eigenvalue weighted by Crippen LogP contribution is -2.44. The Balaban J connectivity index is 2.22. The van der Waals surface area contributed by atoms with E-state index in [1.165, 1.54) is 11.8 Å². The maximum absolute atomic E-state index is 7.12. The molecule has 124 valence electrons. The predicted octanol–water partition coefficient (Wildman–Crippen LogP) is 3.05. The van der Waals surface area contributed by atoms with Crippen LogP contribution in [0.5, 0.6) is 0 Å². The second-order valence-electron chi connectivity index (χ2n) is 6.08. The van der Waals surface area contributed by atoms with E-state index < -0.39 is 5.79 Å². The van der Waals surface area contributed by atoms with Crippen molar-refractivity contribution in [1.29, 1.82) is 0 Å². The van der Waals surface area contributed by atoms with Gasteiger partial charge < -0.3 is 14.2 Å². The average Bonchev–Trinajstić information content (AvgIpc) is 2.87. The average molecular weight is 316 g/mol. The second-order valence-corrected chi connectivity index (χ2v) is 6.08. The Kier molecular flexibility index (Phi) is 5.78. The Morgan fingerprint density at radius 2 is 2.17 bits per heavy atom. The number of ether oxygens (including phenoxy) is 3. The fraction of sp³-hybridized carbons (Fsp3) is 0.500. The quantitative estimate of drug-likeness (QED) is 0.597. The zero-order valence-electron chi connectivity index (χ0n) is 14.2. The molecule has 0 aliphatic carbocycles. The van der Waals surface area contributed by atoms with Crippen molar-refractivity contribution in [1.82, 2.24) is 4.90 Å². The summed E-state index contributed by atoms with van der Waals surface area (Å²) in [5.74, 6) is -0.0299. The summed E-state index contributed by atoms with van der Waals surface area (Å²) < 4.78 is 17.2. The first-order valence-corrected chi connectivity index (χ1v) is 7.63. The Morgan fingerprint density at radius 1 is 1.48 bits per heavy atom. The van der Waals surface area contributed by atoms with Crippen molar-refractivity contribution in [3.05, 3.63) is 59.3 Å². The topological polar surface area (TPSA) is 35.3 Å². The number of benzene rings is 1. The molecule has 2 rings (SSSR count). The van der Waals surface area contributed by atoms with Crippen molar-refractivity contribution in [2.75, 3.05) is 20.8 Å². The molecule has 1 heterocycles. The number of hydrogen-bond acceptors (Lipinski definition) is 4. The molecule has 0 amide bonds. The molecule has 5 heteroatoms. The maximum Gasteiger partial charge on any atom is 0.192 e. The van der Waals surface area contributed by atoms with Crippen molar-refractivity contribution in [3.8, 4) is 0 Å². The van der Waals surface area contributed by atoms with E-state index in [-0.39, 0.29) is 12.1 Å². The van der Waals surface area contributed by atoms with E-state index in [4.69, 9.17) is 20.8 Å². The molecule has 0 radical (unpaired) electrons.